The molecule has 152 valence electrons. The summed E-state index contributed by atoms with van der Waals surface area (Å²) < 4.78 is 5.74. The number of ether oxygens (including phenoxy) is 1. The zero-order valence-electron chi connectivity index (χ0n) is 16.6. The number of urea groups is 1. The van der Waals surface area contributed by atoms with Gasteiger partial charge in [-0.05, 0) is 43.1 Å². The number of benzene rings is 1. The van der Waals surface area contributed by atoms with E-state index in [9.17, 15) is 9.59 Å². The van der Waals surface area contributed by atoms with Crippen molar-refractivity contribution < 1.29 is 14.3 Å². The lowest BCUT2D eigenvalue weighted by Gasteiger charge is -2.47. The monoisotopic (exact) mass is 385 g/mol. The van der Waals surface area contributed by atoms with Crippen LogP contribution in [0.1, 0.15) is 44.1 Å². The van der Waals surface area contributed by atoms with Crippen molar-refractivity contribution in [1.29, 1.82) is 0 Å². The predicted molar refractivity (Wildman–Crippen MR) is 107 cm³/mol. The Labute approximate surface area is 167 Å². The number of carbonyl (C=O) groups excluding carboxylic acids is 2. The quantitative estimate of drug-likeness (QED) is 0.867. The second kappa shape index (κ2) is 8.52. The van der Waals surface area contributed by atoms with E-state index >= 15 is 0 Å². The lowest BCUT2D eigenvalue weighted by atomic mass is 9.72. The molecule has 6 nitrogen and oxygen atoms in total. The van der Waals surface area contributed by atoms with Gasteiger partial charge in [0.2, 0.25) is 5.91 Å². The predicted octanol–water partition coefficient (Wildman–Crippen LogP) is 2.78. The first-order valence-corrected chi connectivity index (χ1v) is 10.6. The summed E-state index contributed by atoms with van der Waals surface area (Å²) in [6.07, 6.45) is 5.90. The molecule has 1 N–H and O–H groups in total. The zero-order chi connectivity index (χ0) is 19.4. The minimum Gasteiger partial charge on any atom is -0.376 e. The van der Waals surface area contributed by atoms with E-state index in [1.54, 1.807) is 0 Å². The molecule has 3 aliphatic heterocycles. The van der Waals surface area contributed by atoms with E-state index < -0.39 is 0 Å². The Kier molecular flexibility index (Phi) is 5.85. The van der Waals surface area contributed by atoms with E-state index in [0.717, 1.165) is 70.5 Å². The molecular weight excluding hydrogens is 354 g/mol. The molecule has 28 heavy (non-hydrogen) atoms. The molecule has 6 heteroatoms. The number of hydrogen-bond donors (Lipinski definition) is 1. The van der Waals surface area contributed by atoms with Crippen molar-refractivity contribution in [2.45, 2.75) is 51.2 Å². The lowest BCUT2D eigenvalue weighted by molar-refractivity contribution is -0.140. The molecule has 4 rings (SSSR count). The van der Waals surface area contributed by atoms with Crippen LogP contribution in [0.2, 0.25) is 0 Å². The summed E-state index contributed by atoms with van der Waals surface area (Å²) in [5, 5.41) is 3.03. The van der Waals surface area contributed by atoms with Crippen molar-refractivity contribution in [2.24, 2.45) is 5.41 Å². The van der Waals surface area contributed by atoms with Crippen LogP contribution in [-0.4, -0.2) is 60.6 Å². The average molecular weight is 386 g/mol. The molecular formula is C22H31N3O3. The Morgan fingerprint density at radius 1 is 1.18 bits per heavy atom. The van der Waals surface area contributed by atoms with Gasteiger partial charge in [0.15, 0.2) is 0 Å². The Morgan fingerprint density at radius 2 is 1.96 bits per heavy atom. The van der Waals surface area contributed by atoms with Crippen LogP contribution < -0.4 is 5.32 Å². The SMILES string of the molecule is O=C1CCC2(CCN(C(=O)NCc3ccccc3)CC2)CN1C[C@H]1CCCO1. The highest BCUT2D eigenvalue weighted by molar-refractivity contribution is 5.77. The van der Waals surface area contributed by atoms with E-state index in [1.807, 2.05) is 40.1 Å². The molecule has 3 amide bonds. The van der Waals surface area contributed by atoms with Crippen LogP contribution in [0, 0.1) is 5.41 Å². The number of nitrogens with zero attached hydrogens (tertiary/aromatic N) is 2. The summed E-state index contributed by atoms with van der Waals surface area (Å²) in [7, 11) is 0. The molecule has 3 fully saturated rings. The Bertz CT molecular complexity index is 680. The normalized spacial score (nSPS) is 24.6. The highest BCUT2D eigenvalue weighted by atomic mass is 16.5. The van der Waals surface area contributed by atoms with Gasteiger partial charge >= 0.3 is 6.03 Å². The highest BCUT2D eigenvalue weighted by Gasteiger charge is 2.42. The molecule has 1 spiro atoms. The number of rotatable bonds is 4. The fourth-order valence-corrected chi connectivity index (χ4v) is 4.78. The fourth-order valence-electron chi connectivity index (χ4n) is 4.78. The van der Waals surface area contributed by atoms with Crippen LogP contribution in [0.3, 0.4) is 0 Å². The molecule has 3 saturated heterocycles. The summed E-state index contributed by atoms with van der Waals surface area (Å²) in [6.45, 7) is 4.48. The smallest absolute Gasteiger partial charge is 0.317 e. The Balaban J connectivity index is 1.27. The van der Waals surface area contributed by atoms with Crippen molar-refractivity contribution in [1.82, 2.24) is 15.1 Å². The van der Waals surface area contributed by atoms with Gasteiger partial charge in [0.05, 0.1) is 6.10 Å². The third-order valence-electron chi connectivity index (χ3n) is 6.59. The van der Waals surface area contributed by atoms with Crippen molar-refractivity contribution >= 4 is 11.9 Å². The van der Waals surface area contributed by atoms with Gasteiger partial charge in [-0.2, -0.15) is 0 Å². The van der Waals surface area contributed by atoms with Gasteiger partial charge in [-0.15, -0.1) is 0 Å². The summed E-state index contributed by atoms with van der Waals surface area (Å²) in [5.74, 6) is 0.268. The van der Waals surface area contributed by atoms with Gasteiger partial charge in [-0.25, -0.2) is 4.79 Å². The molecule has 1 aromatic carbocycles. The van der Waals surface area contributed by atoms with Gasteiger partial charge in [0.25, 0.3) is 0 Å². The molecule has 1 aromatic rings. The van der Waals surface area contributed by atoms with E-state index in [2.05, 4.69) is 5.32 Å². The minimum atomic E-state index is 0.0156. The largest absolute Gasteiger partial charge is 0.376 e. The van der Waals surface area contributed by atoms with Gasteiger partial charge in [0, 0.05) is 45.8 Å². The second-order valence-electron chi connectivity index (χ2n) is 8.54. The topological polar surface area (TPSA) is 61.9 Å². The van der Waals surface area contributed by atoms with Crippen LogP contribution in [0.4, 0.5) is 4.79 Å². The van der Waals surface area contributed by atoms with Crippen molar-refractivity contribution in [3.63, 3.8) is 0 Å². The van der Waals surface area contributed by atoms with Crippen LogP contribution in [0.15, 0.2) is 30.3 Å². The number of piperidine rings is 2. The summed E-state index contributed by atoms with van der Waals surface area (Å²) in [5.41, 5.74) is 1.28. The third-order valence-corrected chi connectivity index (χ3v) is 6.59. The first-order chi connectivity index (χ1) is 13.6. The second-order valence-corrected chi connectivity index (χ2v) is 8.54. The van der Waals surface area contributed by atoms with Crippen molar-refractivity contribution in [3.8, 4) is 0 Å². The number of carbonyl (C=O) groups is 2. The van der Waals surface area contributed by atoms with Gasteiger partial charge in [0.1, 0.15) is 0 Å². The van der Waals surface area contributed by atoms with Crippen LogP contribution in [0.25, 0.3) is 0 Å². The van der Waals surface area contributed by atoms with Crippen LogP contribution in [-0.2, 0) is 16.1 Å². The third kappa shape index (κ3) is 4.49. The fraction of sp³-hybridized carbons (Fsp3) is 0.636. The standard InChI is InChI=1S/C22H31N3O3/c26-20-8-9-22(17-25(20)16-19-7-4-14-28-19)10-12-24(13-11-22)21(27)23-15-18-5-2-1-3-6-18/h1-3,5-6,19H,4,7-17H2,(H,23,27)/t19-/m1/s1. The minimum absolute atomic E-state index is 0.0156. The maximum atomic E-state index is 12.5. The van der Waals surface area contributed by atoms with E-state index in [1.165, 1.54) is 0 Å². The maximum Gasteiger partial charge on any atom is 0.317 e. The number of likely N-dealkylation sites (tertiary alicyclic amines) is 2. The Hall–Kier alpha value is -2.08. The average Bonchev–Trinajstić information content (AvgIpc) is 3.24. The Morgan fingerprint density at radius 3 is 2.68 bits per heavy atom. The van der Waals surface area contributed by atoms with Crippen molar-refractivity contribution in [3.05, 3.63) is 35.9 Å². The van der Waals surface area contributed by atoms with Gasteiger partial charge in [-0.3, -0.25) is 4.79 Å². The first kappa shape index (κ1) is 19.2. The summed E-state index contributed by atoms with van der Waals surface area (Å²) in [4.78, 5) is 28.9. The molecule has 0 aliphatic carbocycles. The number of amides is 3. The molecule has 3 aliphatic rings. The number of nitrogens with one attached hydrogen (secondary N) is 1. The van der Waals surface area contributed by atoms with Gasteiger partial charge in [-0.1, -0.05) is 30.3 Å². The molecule has 0 aromatic heterocycles. The molecule has 0 unspecified atom stereocenters. The lowest BCUT2D eigenvalue weighted by Crippen LogP contribution is -2.54. The molecule has 1 atom stereocenters. The summed E-state index contributed by atoms with van der Waals surface area (Å²) in [6, 6.07) is 10.0. The molecule has 0 bridgehead atoms. The van der Waals surface area contributed by atoms with Crippen molar-refractivity contribution in [2.75, 3.05) is 32.8 Å². The molecule has 0 saturated carbocycles. The zero-order valence-corrected chi connectivity index (χ0v) is 16.6. The van der Waals surface area contributed by atoms with Crippen LogP contribution >= 0.6 is 0 Å². The van der Waals surface area contributed by atoms with Crippen LogP contribution in [0.5, 0.6) is 0 Å². The van der Waals surface area contributed by atoms with E-state index in [4.69, 9.17) is 4.74 Å². The van der Waals surface area contributed by atoms with E-state index in [-0.39, 0.29) is 23.5 Å². The highest BCUT2D eigenvalue weighted by Crippen LogP contribution is 2.40. The molecule has 3 heterocycles. The first-order valence-electron chi connectivity index (χ1n) is 10.6. The van der Waals surface area contributed by atoms with Gasteiger partial charge < -0.3 is 19.9 Å². The summed E-state index contributed by atoms with van der Waals surface area (Å²) >= 11 is 0. The number of hydrogen-bond acceptors (Lipinski definition) is 3. The van der Waals surface area contributed by atoms with E-state index in [0.29, 0.717) is 13.0 Å². The maximum absolute atomic E-state index is 12.5. The molecule has 0 radical (unpaired) electrons.